The molecular formula is C14H14ClN3O. The van der Waals surface area contributed by atoms with Gasteiger partial charge in [0, 0.05) is 17.3 Å². The van der Waals surface area contributed by atoms with E-state index in [4.69, 9.17) is 11.6 Å². The lowest BCUT2D eigenvalue weighted by Crippen LogP contribution is -2.28. The van der Waals surface area contributed by atoms with Gasteiger partial charge in [0.05, 0.1) is 0 Å². The highest BCUT2D eigenvalue weighted by Gasteiger charge is 2.02. The number of anilines is 1. The summed E-state index contributed by atoms with van der Waals surface area (Å²) in [5.74, 6) is 0.531. The van der Waals surface area contributed by atoms with Gasteiger partial charge in [-0.25, -0.2) is 9.78 Å². The van der Waals surface area contributed by atoms with Crippen LogP contribution in [-0.2, 0) is 6.54 Å². The van der Waals surface area contributed by atoms with Gasteiger partial charge in [-0.1, -0.05) is 29.8 Å². The molecule has 2 aromatic rings. The summed E-state index contributed by atoms with van der Waals surface area (Å²) in [5, 5.41) is 6.07. The van der Waals surface area contributed by atoms with Crippen LogP contribution < -0.4 is 10.6 Å². The number of aryl methyl sites for hydroxylation is 1. The zero-order valence-electron chi connectivity index (χ0n) is 10.5. The monoisotopic (exact) mass is 275 g/mol. The molecule has 0 bridgehead atoms. The summed E-state index contributed by atoms with van der Waals surface area (Å²) < 4.78 is 0. The number of carbonyl (C=O) groups is 1. The number of urea groups is 1. The van der Waals surface area contributed by atoms with Crippen LogP contribution in [0.1, 0.15) is 11.3 Å². The molecule has 0 unspecified atom stereocenters. The van der Waals surface area contributed by atoms with Gasteiger partial charge in [0.1, 0.15) is 5.82 Å². The summed E-state index contributed by atoms with van der Waals surface area (Å²) in [6, 6.07) is 12.5. The lowest BCUT2D eigenvalue weighted by Gasteiger charge is -2.07. The van der Waals surface area contributed by atoms with E-state index in [1.807, 2.05) is 37.3 Å². The van der Waals surface area contributed by atoms with Crippen LogP contribution in [0.3, 0.4) is 0 Å². The highest BCUT2D eigenvalue weighted by atomic mass is 35.5. The molecule has 5 heteroatoms. The minimum Gasteiger partial charge on any atom is -0.334 e. The average Bonchev–Trinajstić information content (AvgIpc) is 2.36. The number of hydrogen-bond donors (Lipinski definition) is 2. The molecule has 1 aromatic heterocycles. The number of halogens is 1. The highest BCUT2D eigenvalue weighted by molar-refractivity contribution is 6.30. The maximum absolute atomic E-state index is 11.7. The van der Waals surface area contributed by atoms with E-state index < -0.39 is 0 Å². The number of benzene rings is 1. The van der Waals surface area contributed by atoms with Crippen molar-refractivity contribution in [1.82, 2.24) is 10.3 Å². The Kier molecular flexibility index (Phi) is 4.36. The van der Waals surface area contributed by atoms with Crippen LogP contribution in [0.5, 0.6) is 0 Å². The van der Waals surface area contributed by atoms with Crippen LogP contribution in [-0.4, -0.2) is 11.0 Å². The summed E-state index contributed by atoms with van der Waals surface area (Å²) in [4.78, 5) is 15.9. The van der Waals surface area contributed by atoms with Crippen molar-refractivity contribution in [3.8, 4) is 0 Å². The van der Waals surface area contributed by atoms with Crippen molar-refractivity contribution in [3.05, 3.63) is 58.7 Å². The molecule has 2 N–H and O–H groups in total. The van der Waals surface area contributed by atoms with Crippen molar-refractivity contribution in [1.29, 1.82) is 0 Å². The van der Waals surface area contributed by atoms with Crippen LogP contribution in [0.4, 0.5) is 10.6 Å². The van der Waals surface area contributed by atoms with Crippen molar-refractivity contribution in [2.75, 3.05) is 5.32 Å². The predicted octanol–water partition coefficient (Wildman–Crippen LogP) is 3.37. The van der Waals surface area contributed by atoms with E-state index in [1.54, 1.807) is 12.1 Å². The zero-order chi connectivity index (χ0) is 13.7. The Morgan fingerprint density at radius 3 is 2.79 bits per heavy atom. The predicted molar refractivity (Wildman–Crippen MR) is 76.3 cm³/mol. The molecule has 0 spiro atoms. The minimum absolute atomic E-state index is 0.293. The number of hydrogen-bond acceptors (Lipinski definition) is 2. The van der Waals surface area contributed by atoms with Crippen LogP contribution in [0.15, 0.2) is 42.5 Å². The number of rotatable bonds is 3. The first-order chi connectivity index (χ1) is 9.13. The normalized spacial score (nSPS) is 10.0. The van der Waals surface area contributed by atoms with Crippen molar-refractivity contribution >= 4 is 23.4 Å². The third-order valence-corrected chi connectivity index (χ3v) is 2.71. The Hall–Kier alpha value is -2.07. The highest BCUT2D eigenvalue weighted by Crippen LogP contribution is 2.10. The van der Waals surface area contributed by atoms with Gasteiger partial charge in [0.15, 0.2) is 0 Å². The second-order valence-electron chi connectivity index (χ2n) is 4.10. The van der Waals surface area contributed by atoms with Crippen LogP contribution in [0.2, 0.25) is 5.02 Å². The fraction of sp³-hybridized carbons (Fsp3) is 0.143. The molecule has 0 aliphatic carbocycles. The second kappa shape index (κ2) is 6.20. The van der Waals surface area contributed by atoms with Gasteiger partial charge >= 0.3 is 6.03 Å². The van der Waals surface area contributed by atoms with Gasteiger partial charge in [0.2, 0.25) is 0 Å². The fourth-order valence-corrected chi connectivity index (χ4v) is 1.82. The van der Waals surface area contributed by atoms with E-state index in [-0.39, 0.29) is 6.03 Å². The molecule has 2 amide bonds. The summed E-state index contributed by atoms with van der Waals surface area (Å²) in [5.41, 5.74) is 1.80. The maximum atomic E-state index is 11.7. The lowest BCUT2D eigenvalue weighted by molar-refractivity contribution is 0.251. The molecule has 19 heavy (non-hydrogen) atoms. The average molecular weight is 276 g/mol. The Morgan fingerprint density at radius 1 is 1.26 bits per heavy atom. The quantitative estimate of drug-likeness (QED) is 0.902. The number of amides is 2. The first-order valence-corrected chi connectivity index (χ1v) is 6.24. The lowest BCUT2D eigenvalue weighted by atomic mass is 10.2. The molecule has 0 aliphatic heterocycles. The number of nitrogens with one attached hydrogen (secondary N) is 2. The van der Waals surface area contributed by atoms with Gasteiger partial charge in [-0.15, -0.1) is 0 Å². The largest absolute Gasteiger partial charge is 0.334 e. The topological polar surface area (TPSA) is 54.0 Å². The zero-order valence-corrected chi connectivity index (χ0v) is 11.2. The molecule has 98 valence electrons. The molecule has 4 nitrogen and oxygen atoms in total. The van der Waals surface area contributed by atoms with Crippen LogP contribution in [0, 0.1) is 6.92 Å². The molecular weight excluding hydrogens is 262 g/mol. The Balaban J connectivity index is 1.88. The Labute approximate surface area is 116 Å². The van der Waals surface area contributed by atoms with Crippen LogP contribution in [0.25, 0.3) is 0 Å². The molecule has 2 rings (SSSR count). The third-order valence-electron chi connectivity index (χ3n) is 2.47. The van der Waals surface area contributed by atoms with E-state index >= 15 is 0 Å². The molecule has 0 radical (unpaired) electrons. The third kappa shape index (κ3) is 4.26. The first-order valence-electron chi connectivity index (χ1n) is 5.86. The maximum Gasteiger partial charge on any atom is 0.320 e. The number of nitrogens with zero attached hydrogens (tertiary/aromatic N) is 1. The molecule has 0 fully saturated rings. The molecule has 1 aromatic carbocycles. The Morgan fingerprint density at radius 2 is 2.05 bits per heavy atom. The standard InChI is InChI=1S/C14H14ClN3O/c1-10-4-2-7-13(17-10)18-14(19)16-9-11-5-3-6-12(15)8-11/h2-8H,9H2,1H3,(H2,16,17,18,19). The SMILES string of the molecule is Cc1cccc(NC(=O)NCc2cccc(Cl)c2)n1. The van der Waals surface area contributed by atoms with Gasteiger partial charge in [0.25, 0.3) is 0 Å². The van der Waals surface area contributed by atoms with E-state index in [1.165, 1.54) is 0 Å². The molecule has 0 saturated carbocycles. The summed E-state index contributed by atoms with van der Waals surface area (Å²) >= 11 is 5.87. The van der Waals surface area contributed by atoms with Crippen molar-refractivity contribution in [2.45, 2.75) is 13.5 Å². The molecule has 0 saturated heterocycles. The smallest absolute Gasteiger partial charge is 0.320 e. The van der Waals surface area contributed by atoms with Crippen molar-refractivity contribution < 1.29 is 4.79 Å². The van der Waals surface area contributed by atoms with Gasteiger partial charge in [-0.05, 0) is 36.8 Å². The van der Waals surface area contributed by atoms with E-state index in [2.05, 4.69) is 15.6 Å². The molecule has 0 atom stereocenters. The van der Waals surface area contributed by atoms with E-state index in [0.29, 0.717) is 17.4 Å². The van der Waals surface area contributed by atoms with Crippen LogP contribution >= 0.6 is 11.6 Å². The Bertz CT molecular complexity index is 586. The van der Waals surface area contributed by atoms with Gasteiger partial charge in [-0.2, -0.15) is 0 Å². The van der Waals surface area contributed by atoms with Gasteiger partial charge in [-0.3, -0.25) is 5.32 Å². The number of aromatic nitrogens is 1. The van der Waals surface area contributed by atoms with Gasteiger partial charge < -0.3 is 5.32 Å². The minimum atomic E-state index is -0.293. The summed E-state index contributed by atoms with van der Waals surface area (Å²) in [7, 11) is 0. The number of pyridine rings is 1. The van der Waals surface area contributed by atoms with E-state index in [9.17, 15) is 4.79 Å². The first kappa shape index (κ1) is 13.4. The summed E-state index contributed by atoms with van der Waals surface area (Å²) in [6.45, 7) is 2.28. The second-order valence-corrected chi connectivity index (χ2v) is 4.54. The van der Waals surface area contributed by atoms with Crippen molar-refractivity contribution in [2.24, 2.45) is 0 Å². The fourth-order valence-electron chi connectivity index (χ4n) is 1.60. The van der Waals surface area contributed by atoms with Crippen molar-refractivity contribution in [3.63, 3.8) is 0 Å². The molecule has 0 aliphatic rings. The van der Waals surface area contributed by atoms with E-state index in [0.717, 1.165) is 11.3 Å². The number of carbonyl (C=O) groups excluding carboxylic acids is 1. The molecule has 1 heterocycles. The summed E-state index contributed by atoms with van der Waals surface area (Å²) in [6.07, 6.45) is 0.